The summed E-state index contributed by atoms with van der Waals surface area (Å²) in [4.78, 5) is 11.3. The summed E-state index contributed by atoms with van der Waals surface area (Å²) < 4.78 is 6.46. The van der Waals surface area contributed by atoms with Crippen LogP contribution in [-0.4, -0.2) is 12.4 Å². The van der Waals surface area contributed by atoms with Crippen molar-refractivity contribution < 1.29 is 9.53 Å². The molecule has 2 nitrogen and oxygen atoms in total. The Balaban J connectivity index is 2.24. The van der Waals surface area contributed by atoms with Gasteiger partial charge in [-0.05, 0) is 17.7 Å². The van der Waals surface area contributed by atoms with Gasteiger partial charge in [-0.2, -0.15) is 0 Å². The first-order valence-electron chi connectivity index (χ1n) is 4.75. The summed E-state index contributed by atoms with van der Waals surface area (Å²) in [7, 11) is 0. The maximum Gasteiger partial charge on any atom is 0.138 e. The molecule has 1 aromatic rings. The van der Waals surface area contributed by atoms with Crippen LogP contribution in [0.3, 0.4) is 0 Å². The van der Waals surface area contributed by atoms with Crippen LogP contribution in [0.25, 0.3) is 0 Å². The molecule has 0 bridgehead atoms. The number of carbonyl (C=O) groups excluding carboxylic acids is 1. The third-order valence-electron chi connectivity index (χ3n) is 2.42. The molecule has 0 N–H and O–H groups in total. The molecule has 1 aromatic carbocycles. The monoisotopic (exact) mass is 288 g/mol. The van der Waals surface area contributed by atoms with Crippen molar-refractivity contribution in [2.24, 2.45) is 0 Å². The van der Waals surface area contributed by atoms with Crippen molar-refractivity contribution in [3.05, 3.63) is 33.3 Å². The molecule has 0 amide bonds. The molecule has 0 radical (unpaired) electrons. The summed E-state index contributed by atoms with van der Waals surface area (Å²) in [6.07, 6.45) is 0.861. The number of ketones is 1. The number of benzene rings is 1. The number of carbonyl (C=O) groups is 1. The van der Waals surface area contributed by atoms with Crippen LogP contribution in [0.5, 0.6) is 0 Å². The highest BCUT2D eigenvalue weighted by Gasteiger charge is 2.23. The second-order valence-electron chi connectivity index (χ2n) is 3.52. The summed E-state index contributed by atoms with van der Waals surface area (Å²) in [6.45, 7) is 0.512. The van der Waals surface area contributed by atoms with Crippen molar-refractivity contribution in [3.8, 4) is 0 Å². The van der Waals surface area contributed by atoms with Crippen molar-refractivity contribution in [2.45, 2.75) is 18.9 Å². The Morgan fingerprint density at radius 3 is 2.93 bits per heavy atom. The highest BCUT2D eigenvalue weighted by Crippen LogP contribution is 2.32. The fraction of sp³-hybridized carbons (Fsp3) is 0.364. The maximum absolute atomic E-state index is 11.3. The van der Waals surface area contributed by atoms with Gasteiger partial charge in [-0.1, -0.05) is 33.6 Å². The van der Waals surface area contributed by atoms with Crippen molar-refractivity contribution in [1.82, 2.24) is 0 Å². The first-order chi connectivity index (χ1) is 7.16. The van der Waals surface area contributed by atoms with Crippen LogP contribution >= 0.6 is 27.5 Å². The zero-order valence-electron chi connectivity index (χ0n) is 8.00. The fourth-order valence-corrected chi connectivity index (χ4v) is 2.58. The van der Waals surface area contributed by atoms with Crippen molar-refractivity contribution >= 4 is 33.3 Å². The first-order valence-corrected chi connectivity index (χ1v) is 5.92. The molecule has 15 heavy (non-hydrogen) atoms. The van der Waals surface area contributed by atoms with Crippen LogP contribution in [0.4, 0.5) is 0 Å². The molecule has 0 aromatic heterocycles. The molecule has 0 aliphatic carbocycles. The zero-order chi connectivity index (χ0) is 10.8. The summed E-state index contributed by atoms with van der Waals surface area (Å²) in [6, 6.07) is 5.53. The summed E-state index contributed by atoms with van der Waals surface area (Å²) in [5, 5.41) is 0.674. The SMILES string of the molecule is O=C1CCOC(c2ccc(Cl)cc2Br)C1. The van der Waals surface area contributed by atoms with Crippen LogP contribution in [-0.2, 0) is 9.53 Å². The molecular weight excluding hydrogens is 279 g/mol. The normalized spacial score (nSPS) is 21.7. The number of rotatable bonds is 1. The Labute approximate surface area is 102 Å². The molecule has 1 saturated heterocycles. The molecule has 1 aliphatic rings. The Morgan fingerprint density at radius 1 is 1.47 bits per heavy atom. The van der Waals surface area contributed by atoms with Gasteiger partial charge in [0.15, 0.2) is 0 Å². The molecule has 2 rings (SSSR count). The van der Waals surface area contributed by atoms with E-state index in [2.05, 4.69) is 15.9 Å². The Bertz CT molecular complexity index is 392. The lowest BCUT2D eigenvalue weighted by atomic mass is 10.0. The van der Waals surface area contributed by atoms with Crippen molar-refractivity contribution in [2.75, 3.05) is 6.61 Å². The van der Waals surface area contributed by atoms with Gasteiger partial charge in [-0.15, -0.1) is 0 Å². The van der Waals surface area contributed by atoms with Gasteiger partial charge in [-0.25, -0.2) is 0 Å². The van der Waals surface area contributed by atoms with Gasteiger partial charge >= 0.3 is 0 Å². The van der Waals surface area contributed by atoms with E-state index in [1.165, 1.54) is 0 Å². The van der Waals surface area contributed by atoms with Crippen LogP contribution in [0.2, 0.25) is 5.02 Å². The van der Waals surface area contributed by atoms with E-state index in [0.29, 0.717) is 24.5 Å². The number of Topliss-reactive ketones (excluding diaryl/α,β-unsaturated/α-hetero) is 1. The largest absolute Gasteiger partial charge is 0.373 e. The number of ether oxygens (including phenoxy) is 1. The molecule has 1 heterocycles. The minimum absolute atomic E-state index is 0.127. The Kier molecular flexibility index (Phi) is 3.44. The highest BCUT2D eigenvalue weighted by molar-refractivity contribution is 9.10. The molecule has 1 unspecified atom stereocenters. The van der Waals surface area contributed by atoms with E-state index < -0.39 is 0 Å². The number of hydrogen-bond donors (Lipinski definition) is 0. The molecular formula is C11H10BrClO2. The van der Waals surface area contributed by atoms with Gasteiger partial charge < -0.3 is 4.74 Å². The second-order valence-corrected chi connectivity index (χ2v) is 4.81. The van der Waals surface area contributed by atoms with Gasteiger partial charge in [0.2, 0.25) is 0 Å². The van der Waals surface area contributed by atoms with Crippen LogP contribution in [0.1, 0.15) is 24.5 Å². The molecule has 0 saturated carbocycles. The van der Waals surface area contributed by atoms with Gasteiger partial charge in [0, 0.05) is 22.3 Å². The number of halogens is 2. The molecule has 1 aliphatic heterocycles. The summed E-state index contributed by atoms with van der Waals surface area (Å²) in [5.41, 5.74) is 0.993. The minimum Gasteiger partial charge on any atom is -0.373 e. The molecule has 1 fully saturated rings. The van der Waals surface area contributed by atoms with Crippen LogP contribution in [0, 0.1) is 0 Å². The van der Waals surface area contributed by atoms with Gasteiger partial charge in [0.1, 0.15) is 5.78 Å². The third kappa shape index (κ3) is 2.60. The minimum atomic E-state index is -0.127. The van der Waals surface area contributed by atoms with Crippen LogP contribution in [0.15, 0.2) is 22.7 Å². The highest BCUT2D eigenvalue weighted by atomic mass is 79.9. The lowest BCUT2D eigenvalue weighted by molar-refractivity contribution is -0.128. The predicted molar refractivity (Wildman–Crippen MR) is 62.1 cm³/mol. The fourth-order valence-electron chi connectivity index (χ4n) is 1.65. The van der Waals surface area contributed by atoms with E-state index in [1.54, 1.807) is 0 Å². The van der Waals surface area contributed by atoms with Gasteiger partial charge in [0.05, 0.1) is 12.7 Å². The third-order valence-corrected chi connectivity index (χ3v) is 3.34. The average Bonchev–Trinajstić information content (AvgIpc) is 2.17. The lowest BCUT2D eigenvalue weighted by Crippen LogP contribution is -2.19. The molecule has 1 atom stereocenters. The van der Waals surface area contributed by atoms with E-state index in [0.717, 1.165) is 10.0 Å². The molecule has 0 spiro atoms. The first kappa shape index (κ1) is 11.1. The number of hydrogen-bond acceptors (Lipinski definition) is 2. The average molecular weight is 290 g/mol. The standard InChI is InChI=1S/C11H10BrClO2/c12-10-5-7(13)1-2-9(10)11-6-8(14)3-4-15-11/h1-2,5,11H,3-4,6H2. The van der Waals surface area contributed by atoms with E-state index in [-0.39, 0.29) is 11.9 Å². The molecule has 4 heteroatoms. The summed E-state index contributed by atoms with van der Waals surface area (Å²) in [5.74, 6) is 0.258. The lowest BCUT2D eigenvalue weighted by Gasteiger charge is -2.23. The van der Waals surface area contributed by atoms with E-state index >= 15 is 0 Å². The predicted octanol–water partition coefficient (Wildman–Crippen LogP) is 3.52. The topological polar surface area (TPSA) is 26.3 Å². The Morgan fingerprint density at radius 2 is 2.27 bits per heavy atom. The quantitative estimate of drug-likeness (QED) is 0.790. The van der Waals surface area contributed by atoms with E-state index in [4.69, 9.17) is 16.3 Å². The van der Waals surface area contributed by atoms with Crippen molar-refractivity contribution in [1.29, 1.82) is 0 Å². The zero-order valence-corrected chi connectivity index (χ0v) is 10.3. The second kappa shape index (κ2) is 4.64. The maximum atomic E-state index is 11.3. The smallest absolute Gasteiger partial charge is 0.138 e. The van der Waals surface area contributed by atoms with Crippen LogP contribution < -0.4 is 0 Å². The van der Waals surface area contributed by atoms with Gasteiger partial charge in [0.25, 0.3) is 0 Å². The van der Waals surface area contributed by atoms with E-state index in [1.807, 2.05) is 18.2 Å². The Hall–Kier alpha value is -0.380. The van der Waals surface area contributed by atoms with Crippen molar-refractivity contribution in [3.63, 3.8) is 0 Å². The summed E-state index contributed by atoms with van der Waals surface area (Å²) >= 11 is 9.27. The van der Waals surface area contributed by atoms with Gasteiger partial charge in [-0.3, -0.25) is 4.79 Å². The van der Waals surface area contributed by atoms with E-state index in [9.17, 15) is 4.79 Å². The molecule has 80 valence electrons.